The van der Waals surface area contributed by atoms with E-state index >= 15 is 0 Å². The molecule has 0 aromatic heterocycles. The van der Waals surface area contributed by atoms with Crippen molar-refractivity contribution in [3.8, 4) is 0 Å². The molecule has 112 valence electrons. The third-order valence-electron chi connectivity index (χ3n) is 2.45. The number of nitrogens with zero attached hydrogens (tertiary/aromatic N) is 1. The monoisotopic (exact) mass is 285 g/mol. The Bertz CT molecular complexity index is 399. The highest BCUT2D eigenvalue weighted by Crippen LogP contribution is 2.22. The highest BCUT2D eigenvalue weighted by molar-refractivity contribution is 6.15. The lowest BCUT2D eigenvalue weighted by molar-refractivity contribution is -0.222. The molecule has 1 aliphatic heterocycles. The maximum absolute atomic E-state index is 11.6. The zero-order chi connectivity index (χ0) is 15.2. The molecular weight excluding hydrogens is 266 g/mol. The van der Waals surface area contributed by atoms with Crippen molar-refractivity contribution in [1.29, 1.82) is 0 Å². The minimum absolute atomic E-state index is 0.0703. The van der Waals surface area contributed by atoms with E-state index in [1.54, 1.807) is 11.1 Å². The van der Waals surface area contributed by atoms with Gasteiger partial charge in [-0.1, -0.05) is 0 Å². The van der Waals surface area contributed by atoms with E-state index in [1.165, 1.54) is 26.0 Å². The topological polar surface area (TPSA) is 96.3 Å². The van der Waals surface area contributed by atoms with Crippen molar-refractivity contribution < 1.29 is 29.3 Å². The molecule has 0 bridgehead atoms. The van der Waals surface area contributed by atoms with E-state index in [-0.39, 0.29) is 18.8 Å². The van der Waals surface area contributed by atoms with Crippen LogP contribution in [0.1, 0.15) is 13.8 Å². The fourth-order valence-corrected chi connectivity index (χ4v) is 1.58. The predicted molar refractivity (Wildman–Crippen MR) is 69.2 cm³/mol. The van der Waals surface area contributed by atoms with Crippen molar-refractivity contribution in [2.24, 2.45) is 0 Å². The zero-order valence-electron chi connectivity index (χ0n) is 11.5. The normalized spacial score (nSPS) is 17.9. The molecule has 20 heavy (non-hydrogen) atoms. The van der Waals surface area contributed by atoms with E-state index in [9.17, 15) is 9.59 Å². The second-order valence-electron chi connectivity index (χ2n) is 4.58. The lowest BCUT2D eigenvalue weighted by atomic mass is 10.2. The summed E-state index contributed by atoms with van der Waals surface area (Å²) in [5.74, 6) is -2.74. The van der Waals surface area contributed by atoms with E-state index in [1.807, 2.05) is 0 Å². The molecule has 0 atom stereocenters. The van der Waals surface area contributed by atoms with Crippen LogP contribution in [0, 0.1) is 0 Å². The van der Waals surface area contributed by atoms with Crippen LogP contribution in [-0.4, -0.2) is 59.1 Å². The van der Waals surface area contributed by atoms with Crippen LogP contribution < -0.4 is 0 Å². The van der Waals surface area contributed by atoms with Crippen molar-refractivity contribution >= 4 is 11.9 Å². The summed E-state index contributed by atoms with van der Waals surface area (Å²) in [5.41, 5.74) is -0.200. The van der Waals surface area contributed by atoms with Gasteiger partial charge in [-0.2, -0.15) is 0 Å². The van der Waals surface area contributed by atoms with Gasteiger partial charge in [-0.05, 0) is 18.4 Å². The molecule has 0 amide bonds. The highest BCUT2D eigenvalue weighted by atomic mass is 16.7. The number of cyclic esters (lactones) is 2. The molecule has 0 aromatic carbocycles. The van der Waals surface area contributed by atoms with Crippen LogP contribution in [0.25, 0.3) is 0 Å². The molecule has 0 radical (unpaired) electrons. The predicted octanol–water partition coefficient (Wildman–Crippen LogP) is -0.451. The van der Waals surface area contributed by atoms with Gasteiger partial charge in [-0.25, -0.2) is 9.59 Å². The van der Waals surface area contributed by atoms with E-state index in [2.05, 4.69) is 0 Å². The van der Waals surface area contributed by atoms with Crippen molar-refractivity contribution in [3.05, 3.63) is 23.9 Å². The van der Waals surface area contributed by atoms with Gasteiger partial charge in [0.25, 0.3) is 5.79 Å². The smallest absolute Gasteiger partial charge is 0.348 e. The third-order valence-corrected chi connectivity index (χ3v) is 2.45. The fraction of sp³-hybridized carbons (Fsp3) is 0.538. The van der Waals surface area contributed by atoms with Crippen LogP contribution >= 0.6 is 0 Å². The molecule has 0 aliphatic carbocycles. The first-order valence-electron chi connectivity index (χ1n) is 6.20. The van der Waals surface area contributed by atoms with Crippen molar-refractivity contribution in [3.63, 3.8) is 0 Å². The molecule has 7 heteroatoms. The van der Waals surface area contributed by atoms with Crippen molar-refractivity contribution in [1.82, 2.24) is 4.90 Å². The second-order valence-corrected chi connectivity index (χ2v) is 4.58. The molecule has 0 unspecified atom stereocenters. The van der Waals surface area contributed by atoms with Crippen LogP contribution in [0.15, 0.2) is 23.9 Å². The standard InChI is InChI=1S/C13H19NO6/c1-13(2)19-11(17)10(12(18)20-13)4-3-5-14(6-8-15)7-9-16/h3-5,15-16H,6-9H2,1-2H3. The van der Waals surface area contributed by atoms with E-state index in [4.69, 9.17) is 19.7 Å². The zero-order valence-corrected chi connectivity index (χ0v) is 11.5. The van der Waals surface area contributed by atoms with Crippen molar-refractivity contribution in [2.45, 2.75) is 19.6 Å². The van der Waals surface area contributed by atoms with E-state index in [0.29, 0.717) is 13.1 Å². The van der Waals surface area contributed by atoms with Gasteiger partial charge in [0.1, 0.15) is 5.57 Å². The Kier molecular flexibility index (Phi) is 5.72. The molecule has 1 aliphatic rings. The van der Waals surface area contributed by atoms with E-state index < -0.39 is 17.7 Å². The number of rotatable bonds is 6. The lowest BCUT2D eigenvalue weighted by Gasteiger charge is -2.29. The summed E-state index contributed by atoms with van der Waals surface area (Å²) in [6.45, 7) is 3.47. The number of aliphatic hydroxyl groups is 2. The number of allylic oxidation sites excluding steroid dienone is 2. The molecule has 1 saturated heterocycles. The number of aliphatic hydroxyl groups excluding tert-OH is 2. The second kappa shape index (κ2) is 7.06. The average molecular weight is 285 g/mol. The Hall–Kier alpha value is -1.86. The minimum Gasteiger partial charge on any atom is -0.419 e. The van der Waals surface area contributed by atoms with Crippen LogP contribution in [0.5, 0.6) is 0 Å². The Labute approximate surface area is 117 Å². The van der Waals surface area contributed by atoms with E-state index in [0.717, 1.165) is 0 Å². The minimum atomic E-state index is -1.25. The van der Waals surface area contributed by atoms with Crippen molar-refractivity contribution in [2.75, 3.05) is 26.3 Å². The average Bonchev–Trinajstić information content (AvgIpc) is 2.31. The van der Waals surface area contributed by atoms with Gasteiger partial charge >= 0.3 is 11.9 Å². The first kappa shape index (κ1) is 16.2. The number of esters is 2. The molecular formula is C13H19NO6. The largest absolute Gasteiger partial charge is 0.419 e. The number of ether oxygens (including phenoxy) is 2. The third kappa shape index (κ3) is 4.67. The number of carbonyl (C=O) groups is 2. The van der Waals surface area contributed by atoms with Gasteiger partial charge < -0.3 is 24.6 Å². The molecule has 0 aromatic rings. The summed E-state index contributed by atoms with van der Waals surface area (Å²) >= 11 is 0. The van der Waals surface area contributed by atoms with Gasteiger partial charge in [0.05, 0.1) is 13.2 Å². The summed E-state index contributed by atoms with van der Waals surface area (Å²) in [5, 5.41) is 17.7. The molecule has 7 nitrogen and oxygen atoms in total. The molecule has 1 fully saturated rings. The van der Waals surface area contributed by atoms with Crippen LogP contribution in [0.4, 0.5) is 0 Å². The Morgan fingerprint density at radius 1 is 1.10 bits per heavy atom. The summed E-state index contributed by atoms with van der Waals surface area (Å²) in [6.07, 6.45) is 4.29. The molecule has 2 N–H and O–H groups in total. The number of carbonyl (C=O) groups excluding carboxylic acids is 2. The summed E-state index contributed by atoms with van der Waals surface area (Å²) in [7, 11) is 0. The maximum Gasteiger partial charge on any atom is 0.348 e. The summed E-state index contributed by atoms with van der Waals surface area (Å²) in [4.78, 5) is 24.9. The maximum atomic E-state index is 11.6. The highest BCUT2D eigenvalue weighted by Gasteiger charge is 2.38. The quantitative estimate of drug-likeness (QED) is 0.387. The van der Waals surface area contributed by atoms with Gasteiger partial charge in [-0.3, -0.25) is 0 Å². The van der Waals surface area contributed by atoms with Gasteiger partial charge in [0.2, 0.25) is 0 Å². The Morgan fingerprint density at radius 2 is 1.60 bits per heavy atom. The van der Waals surface area contributed by atoms with Crippen LogP contribution in [0.3, 0.4) is 0 Å². The van der Waals surface area contributed by atoms with Gasteiger partial charge in [0, 0.05) is 26.9 Å². The first-order chi connectivity index (χ1) is 9.39. The number of hydrogen-bond acceptors (Lipinski definition) is 7. The summed E-state index contributed by atoms with van der Waals surface area (Å²) in [6, 6.07) is 0. The molecule has 1 heterocycles. The first-order valence-corrected chi connectivity index (χ1v) is 6.20. The fourth-order valence-electron chi connectivity index (χ4n) is 1.58. The SMILES string of the molecule is CC1(C)OC(=O)C(=CC=CN(CCO)CCO)C(=O)O1. The van der Waals surface area contributed by atoms with Gasteiger partial charge in [-0.15, -0.1) is 0 Å². The Morgan fingerprint density at radius 3 is 2.05 bits per heavy atom. The molecule has 1 rings (SSSR count). The Balaban J connectivity index is 2.73. The van der Waals surface area contributed by atoms with Crippen LogP contribution in [-0.2, 0) is 19.1 Å². The lowest BCUT2D eigenvalue weighted by Crippen LogP contribution is -2.41. The van der Waals surface area contributed by atoms with Gasteiger partial charge in [0.15, 0.2) is 0 Å². The van der Waals surface area contributed by atoms with Crippen LogP contribution in [0.2, 0.25) is 0 Å². The molecule has 0 spiro atoms. The number of hydrogen-bond donors (Lipinski definition) is 2. The summed E-state index contributed by atoms with van der Waals surface area (Å²) < 4.78 is 9.86. The molecule has 0 saturated carbocycles.